The molecular weight excluding hydrogens is 406 g/mol. The Labute approximate surface area is 168 Å². The van der Waals surface area contributed by atoms with Crippen LogP contribution in [0.5, 0.6) is 0 Å². The Bertz CT molecular complexity index is 916. The number of carbonyl (C=O) groups is 1. The molecule has 27 heavy (non-hydrogen) atoms. The first kappa shape index (κ1) is 20.1. The summed E-state index contributed by atoms with van der Waals surface area (Å²) in [6, 6.07) is 9.90. The van der Waals surface area contributed by atoms with Crippen molar-refractivity contribution in [3.63, 3.8) is 0 Å². The van der Waals surface area contributed by atoms with E-state index in [9.17, 15) is 13.2 Å². The molecule has 1 fully saturated rings. The van der Waals surface area contributed by atoms with Gasteiger partial charge in [-0.2, -0.15) is 4.31 Å². The number of hydrogen-bond donors (Lipinski definition) is 1. The minimum Gasteiger partial charge on any atom is -0.326 e. The number of anilines is 1. The van der Waals surface area contributed by atoms with Crippen molar-refractivity contribution in [2.75, 3.05) is 24.2 Å². The van der Waals surface area contributed by atoms with Crippen LogP contribution in [0.3, 0.4) is 0 Å². The zero-order valence-electron chi connectivity index (χ0n) is 14.6. The first-order chi connectivity index (χ1) is 13.0. The van der Waals surface area contributed by atoms with Crippen molar-refractivity contribution in [2.24, 2.45) is 0 Å². The third kappa shape index (κ3) is 5.22. The molecular formula is C18H20ClN3O3S2. The summed E-state index contributed by atoms with van der Waals surface area (Å²) in [5.74, 6) is 0.333. The van der Waals surface area contributed by atoms with Crippen LogP contribution in [0.1, 0.15) is 19.3 Å². The quantitative estimate of drug-likeness (QED) is 0.685. The Morgan fingerprint density at radius 3 is 2.74 bits per heavy atom. The Hall–Kier alpha value is -1.61. The first-order valence-corrected chi connectivity index (χ1v) is 11.4. The fraction of sp³-hybridized carbons (Fsp3) is 0.333. The lowest BCUT2D eigenvalue weighted by atomic mass is 10.3. The molecule has 1 N–H and O–H groups in total. The number of pyridine rings is 1. The molecule has 1 aliphatic heterocycles. The van der Waals surface area contributed by atoms with Gasteiger partial charge in [-0.3, -0.25) is 4.79 Å². The van der Waals surface area contributed by atoms with E-state index in [0.717, 1.165) is 12.8 Å². The number of halogens is 1. The van der Waals surface area contributed by atoms with Gasteiger partial charge < -0.3 is 5.32 Å². The number of aromatic nitrogens is 1. The van der Waals surface area contributed by atoms with E-state index in [0.29, 0.717) is 34.6 Å². The van der Waals surface area contributed by atoms with Gasteiger partial charge in [-0.15, -0.1) is 11.8 Å². The van der Waals surface area contributed by atoms with Crippen LogP contribution in [0.2, 0.25) is 5.02 Å². The van der Waals surface area contributed by atoms with Crippen LogP contribution in [0.4, 0.5) is 5.69 Å². The number of amides is 1. The van der Waals surface area contributed by atoms with Crippen LogP contribution in [0, 0.1) is 0 Å². The van der Waals surface area contributed by atoms with E-state index >= 15 is 0 Å². The molecule has 1 aliphatic rings. The number of benzene rings is 1. The lowest BCUT2D eigenvalue weighted by molar-refractivity contribution is -0.115. The number of sulfonamides is 1. The van der Waals surface area contributed by atoms with Crippen molar-refractivity contribution in [3.8, 4) is 0 Å². The predicted octanol–water partition coefficient (Wildman–Crippen LogP) is 3.64. The van der Waals surface area contributed by atoms with Gasteiger partial charge >= 0.3 is 0 Å². The van der Waals surface area contributed by atoms with Crippen molar-refractivity contribution in [1.29, 1.82) is 0 Å². The SMILES string of the molecule is O=C(CCSc1ncccc1Cl)Nc1cccc(S(=O)(=O)N2CCCC2)c1. The molecule has 0 spiro atoms. The van der Waals surface area contributed by atoms with Gasteiger partial charge in [-0.05, 0) is 43.2 Å². The molecule has 2 heterocycles. The number of nitrogens with one attached hydrogen (secondary N) is 1. The molecule has 0 bridgehead atoms. The van der Waals surface area contributed by atoms with Gasteiger partial charge in [0.05, 0.1) is 9.92 Å². The number of rotatable bonds is 7. The molecule has 3 rings (SSSR count). The van der Waals surface area contributed by atoms with Crippen molar-refractivity contribution in [1.82, 2.24) is 9.29 Å². The van der Waals surface area contributed by atoms with Crippen molar-refractivity contribution < 1.29 is 13.2 Å². The molecule has 6 nitrogen and oxygen atoms in total. The van der Waals surface area contributed by atoms with E-state index in [1.54, 1.807) is 36.5 Å². The first-order valence-electron chi connectivity index (χ1n) is 8.60. The lowest BCUT2D eigenvalue weighted by Gasteiger charge is -2.16. The Balaban J connectivity index is 1.57. The van der Waals surface area contributed by atoms with Gasteiger partial charge in [0.2, 0.25) is 15.9 Å². The van der Waals surface area contributed by atoms with Crippen LogP contribution < -0.4 is 5.32 Å². The summed E-state index contributed by atoms with van der Waals surface area (Å²) >= 11 is 7.44. The average molecular weight is 426 g/mol. The van der Waals surface area contributed by atoms with E-state index in [2.05, 4.69) is 10.3 Å². The summed E-state index contributed by atoms with van der Waals surface area (Å²) in [6.45, 7) is 1.10. The standard InChI is InChI=1S/C18H20ClN3O3S2/c19-16-7-4-9-20-18(16)26-12-8-17(23)21-14-5-3-6-15(13-14)27(24,25)22-10-1-2-11-22/h3-7,9,13H,1-2,8,10-12H2,(H,21,23). The molecule has 0 aliphatic carbocycles. The highest BCUT2D eigenvalue weighted by Crippen LogP contribution is 2.25. The highest BCUT2D eigenvalue weighted by molar-refractivity contribution is 7.99. The summed E-state index contributed by atoms with van der Waals surface area (Å²) in [7, 11) is -3.50. The largest absolute Gasteiger partial charge is 0.326 e. The summed E-state index contributed by atoms with van der Waals surface area (Å²) in [4.78, 5) is 16.5. The summed E-state index contributed by atoms with van der Waals surface area (Å²) in [5, 5.41) is 4.00. The zero-order chi connectivity index (χ0) is 19.3. The van der Waals surface area contributed by atoms with Crippen molar-refractivity contribution in [2.45, 2.75) is 29.2 Å². The van der Waals surface area contributed by atoms with Gasteiger partial charge in [0.15, 0.2) is 0 Å². The minimum atomic E-state index is -3.50. The Morgan fingerprint density at radius 1 is 1.22 bits per heavy atom. The highest BCUT2D eigenvalue weighted by Gasteiger charge is 2.27. The smallest absolute Gasteiger partial charge is 0.243 e. The fourth-order valence-electron chi connectivity index (χ4n) is 2.75. The van der Waals surface area contributed by atoms with Gasteiger partial charge in [-0.25, -0.2) is 13.4 Å². The molecule has 0 saturated carbocycles. The summed E-state index contributed by atoms with van der Waals surface area (Å²) in [5.41, 5.74) is 0.473. The van der Waals surface area contributed by atoms with Crippen molar-refractivity contribution >= 4 is 45.0 Å². The minimum absolute atomic E-state index is 0.190. The van der Waals surface area contributed by atoms with E-state index < -0.39 is 10.0 Å². The molecule has 0 unspecified atom stereocenters. The molecule has 0 radical (unpaired) electrons. The molecule has 2 aromatic rings. The maximum absolute atomic E-state index is 12.6. The van der Waals surface area contributed by atoms with Crippen LogP contribution in [-0.4, -0.2) is 42.5 Å². The van der Waals surface area contributed by atoms with Gasteiger partial charge in [0, 0.05) is 37.1 Å². The Morgan fingerprint density at radius 2 is 2.00 bits per heavy atom. The van der Waals surface area contributed by atoms with Crippen LogP contribution in [0.25, 0.3) is 0 Å². The normalized spacial score (nSPS) is 15.0. The number of hydrogen-bond acceptors (Lipinski definition) is 5. The molecule has 1 amide bonds. The third-order valence-corrected chi connectivity index (χ3v) is 7.43. The second kappa shape index (κ2) is 9.05. The van der Waals surface area contributed by atoms with E-state index in [1.807, 2.05) is 0 Å². The zero-order valence-corrected chi connectivity index (χ0v) is 17.0. The van der Waals surface area contributed by atoms with Crippen LogP contribution >= 0.6 is 23.4 Å². The molecule has 1 saturated heterocycles. The van der Waals surface area contributed by atoms with E-state index in [1.165, 1.54) is 22.1 Å². The number of carbonyl (C=O) groups excluding carboxylic acids is 1. The maximum atomic E-state index is 12.6. The Kier molecular flexibility index (Phi) is 6.75. The monoisotopic (exact) mass is 425 g/mol. The molecule has 1 aromatic heterocycles. The number of nitrogens with zero attached hydrogens (tertiary/aromatic N) is 2. The van der Waals surface area contributed by atoms with Crippen LogP contribution in [0.15, 0.2) is 52.5 Å². The topological polar surface area (TPSA) is 79.4 Å². The molecule has 0 atom stereocenters. The molecule has 9 heteroatoms. The van der Waals surface area contributed by atoms with Gasteiger partial charge in [-0.1, -0.05) is 17.7 Å². The third-order valence-electron chi connectivity index (χ3n) is 4.11. The van der Waals surface area contributed by atoms with Gasteiger partial charge in [0.1, 0.15) is 5.03 Å². The highest BCUT2D eigenvalue weighted by atomic mass is 35.5. The van der Waals surface area contributed by atoms with Crippen molar-refractivity contribution in [3.05, 3.63) is 47.6 Å². The average Bonchev–Trinajstić information content (AvgIpc) is 3.19. The van der Waals surface area contributed by atoms with Gasteiger partial charge in [0.25, 0.3) is 0 Å². The second-order valence-electron chi connectivity index (χ2n) is 6.08. The second-order valence-corrected chi connectivity index (χ2v) is 9.50. The fourth-order valence-corrected chi connectivity index (χ4v) is 5.42. The number of thioether (sulfide) groups is 1. The van der Waals surface area contributed by atoms with Crippen LogP contribution in [-0.2, 0) is 14.8 Å². The van der Waals surface area contributed by atoms with E-state index in [-0.39, 0.29) is 17.2 Å². The molecule has 144 valence electrons. The lowest BCUT2D eigenvalue weighted by Crippen LogP contribution is -2.27. The summed E-state index contributed by atoms with van der Waals surface area (Å²) in [6.07, 6.45) is 3.68. The molecule has 1 aromatic carbocycles. The maximum Gasteiger partial charge on any atom is 0.243 e. The summed E-state index contributed by atoms with van der Waals surface area (Å²) < 4.78 is 26.7. The predicted molar refractivity (Wildman–Crippen MR) is 108 cm³/mol. The van der Waals surface area contributed by atoms with E-state index in [4.69, 9.17) is 11.6 Å².